The first-order chi connectivity index (χ1) is 10.2. The number of aryl methyl sites for hydroxylation is 1. The van der Waals surface area contributed by atoms with Gasteiger partial charge in [-0.3, -0.25) is 0 Å². The van der Waals surface area contributed by atoms with Gasteiger partial charge in [0.05, 0.1) is 12.5 Å². The van der Waals surface area contributed by atoms with E-state index in [0.29, 0.717) is 0 Å². The fraction of sp³-hybridized carbons (Fsp3) is 0.471. The van der Waals surface area contributed by atoms with Crippen molar-refractivity contribution >= 4 is 5.82 Å². The van der Waals surface area contributed by atoms with E-state index in [1.807, 2.05) is 6.07 Å². The maximum atomic E-state index is 5.13. The SMILES string of the molecule is CCCNCc1cc(CC)nc(N(C)Cc2ccoc2)c1. The minimum atomic E-state index is 0.804. The first-order valence-corrected chi connectivity index (χ1v) is 7.65. The van der Waals surface area contributed by atoms with E-state index in [1.165, 1.54) is 5.56 Å². The van der Waals surface area contributed by atoms with Gasteiger partial charge in [0, 0.05) is 31.4 Å². The van der Waals surface area contributed by atoms with Crippen LogP contribution in [0, 0.1) is 0 Å². The topological polar surface area (TPSA) is 41.3 Å². The van der Waals surface area contributed by atoms with E-state index in [-0.39, 0.29) is 0 Å². The van der Waals surface area contributed by atoms with E-state index in [0.717, 1.165) is 49.6 Å². The van der Waals surface area contributed by atoms with Crippen LogP contribution in [0.4, 0.5) is 5.82 Å². The highest BCUT2D eigenvalue weighted by molar-refractivity contribution is 5.42. The molecule has 0 aliphatic heterocycles. The molecule has 2 aromatic rings. The molecule has 0 atom stereocenters. The van der Waals surface area contributed by atoms with Crippen LogP contribution in [0.5, 0.6) is 0 Å². The quantitative estimate of drug-likeness (QED) is 0.756. The molecule has 0 aromatic carbocycles. The van der Waals surface area contributed by atoms with Crippen molar-refractivity contribution in [2.24, 2.45) is 0 Å². The molecule has 21 heavy (non-hydrogen) atoms. The standard InChI is InChI=1S/C17H25N3O/c1-4-7-18-11-15-9-16(5-2)19-17(10-15)20(3)12-14-6-8-21-13-14/h6,8-10,13,18H,4-5,7,11-12H2,1-3H3. The van der Waals surface area contributed by atoms with Gasteiger partial charge in [-0.2, -0.15) is 0 Å². The van der Waals surface area contributed by atoms with Crippen molar-refractivity contribution in [3.8, 4) is 0 Å². The lowest BCUT2D eigenvalue weighted by molar-refractivity contribution is 0.563. The summed E-state index contributed by atoms with van der Waals surface area (Å²) in [5.41, 5.74) is 3.59. The van der Waals surface area contributed by atoms with Gasteiger partial charge in [-0.15, -0.1) is 0 Å². The Bertz CT molecular complexity index is 537. The molecule has 114 valence electrons. The minimum Gasteiger partial charge on any atom is -0.472 e. The molecule has 2 aromatic heterocycles. The predicted molar refractivity (Wildman–Crippen MR) is 86.4 cm³/mol. The van der Waals surface area contributed by atoms with E-state index in [2.05, 4.69) is 43.2 Å². The van der Waals surface area contributed by atoms with Gasteiger partial charge in [-0.25, -0.2) is 4.98 Å². The van der Waals surface area contributed by atoms with Crippen molar-refractivity contribution in [1.82, 2.24) is 10.3 Å². The monoisotopic (exact) mass is 287 g/mol. The third kappa shape index (κ3) is 4.60. The summed E-state index contributed by atoms with van der Waals surface area (Å²) < 4.78 is 5.13. The van der Waals surface area contributed by atoms with Crippen LogP contribution >= 0.6 is 0 Å². The molecule has 4 nitrogen and oxygen atoms in total. The second-order valence-corrected chi connectivity index (χ2v) is 5.34. The van der Waals surface area contributed by atoms with Crippen molar-refractivity contribution in [2.75, 3.05) is 18.5 Å². The van der Waals surface area contributed by atoms with Gasteiger partial charge >= 0.3 is 0 Å². The smallest absolute Gasteiger partial charge is 0.129 e. The maximum Gasteiger partial charge on any atom is 0.129 e. The molecular weight excluding hydrogens is 262 g/mol. The van der Waals surface area contributed by atoms with Crippen molar-refractivity contribution in [3.63, 3.8) is 0 Å². The van der Waals surface area contributed by atoms with E-state index in [9.17, 15) is 0 Å². The van der Waals surface area contributed by atoms with Crippen LogP contribution in [-0.2, 0) is 19.5 Å². The number of pyridine rings is 1. The zero-order valence-electron chi connectivity index (χ0n) is 13.2. The molecule has 4 heteroatoms. The summed E-state index contributed by atoms with van der Waals surface area (Å²) in [5, 5.41) is 3.45. The number of hydrogen-bond acceptors (Lipinski definition) is 4. The normalized spacial score (nSPS) is 10.8. The van der Waals surface area contributed by atoms with Crippen LogP contribution in [0.1, 0.15) is 37.1 Å². The summed E-state index contributed by atoms with van der Waals surface area (Å²) in [6, 6.07) is 6.35. The Kier molecular flexibility index (Phi) is 5.81. The van der Waals surface area contributed by atoms with Crippen molar-refractivity contribution in [3.05, 3.63) is 47.5 Å². The third-order valence-corrected chi connectivity index (χ3v) is 3.43. The summed E-state index contributed by atoms with van der Waals surface area (Å²) in [4.78, 5) is 6.89. The molecule has 0 spiro atoms. The zero-order valence-corrected chi connectivity index (χ0v) is 13.2. The molecule has 0 aliphatic carbocycles. The van der Waals surface area contributed by atoms with Gasteiger partial charge < -0.3 is 14.6 Å². The summed E-state index contributed by atoms with van der Waals surface area (Å²) in [6.07, 6.45) is 5.59. The van der Waals surface area contributed by atoms with E-state index in [1.54, 1.807) is 12.5 Å². The molecule has 0 bridgehead atoms. The second kappa shape index (κ2) is 7.84. The molecule has 0 unspecified atom stereocenters. The van der Waals surface area contributed by atoms with E-state index < -0.39 is 0 Å². The van der Waals surface area contributed by atoms with Gasteiger partial charge in [0.25, 0.3) is 0 Å². The van der Waals surface area contributed by atoms with E-state index in [4.69, 9.17) is 9.40 Å². The fourth-order valence-corrected chi connectivity index (χ4v) is 2.26. The number of anilines is 1. The van der Waals surface area contributed by atoms with Crippen LogP contribution in [0.15, 0.2) is 35.1 Å². The van der Waals surface area contributed by atoms with Gasteiger partial charge in [0.15, 0.2) is 0 Å². The Morgan fingerprint density at radius 3 is 2.76 bits per heavy atom. The number of nitrogens with zero attached hydrogens (tertiary/aromatic N) is 2. The number of aromatic nitrogens is 1. The first-order valence-electron chi connectivity index (χ1n) is 7.65. The lowest BCUT2D eigenvalue weighted by Gasteiger charge is -2.19. The largest absolute Gasteiger partial charge is 0.472 e. The Balaban J connectivity index is 2.11. The highest BCUT2D eigenvalue weighted by atomic mass is 16.3. The molecule has 0 fully saturated rings. The van der Waals surface area contributed by atoms with Crippen LogP contribution < -0.4 is 10.2 Å². The average Bonchev–Trinajstić information content (AvgIpc) is 3.00. The van der Waals surface area contributed by atoms with Gasteiger partial charge in [-0.1, -0.05) is 13.8 Å². The average molecular weight is 287 g/mol. The first kappa shape index (κ1) is 15.6. The minimum absolute atomic E-state index is 0.804. The highest BCUT2D eigenvalue weighted by Crippen LogP contribution is 2.17. The van der Waals surface area contributed by atoms with Crippen molar-refractivity contribution in [2.45, 2.75) is 39.8 Å². The van der Waals surface area contributed by atoms with E-state index >= 15 is 0 Å². The maximum absolute atomic E-state index is 5.13. The molecule has 2 rings (SSSR count). The lowest BCUT2D eigenvalue weighted by Crippen LogP contribution is -2.19. The molecule has 0 amide bonds. The van der Waals surface area contributed by atoms with Gasteiger partial charge in [0.1, 0.15) is 5.82 Å². The summed E-state index contributed by atoms with van der Waals surface area (Å²) >= 11 is 0. The van der Waals surface area contributed by atoms with Crippen molar-refractivity contribution in [1.29, 1.82) is 0 Å². The molecule has 1 N–H and O–H groups in total. The number of furan rings is 1. The lowest BCUT2D eigenvalue weighted by atomic mass is 10.2. The Hall–Kier alpha value is -1.81. The Morgan fingerprint density at radius 1 is 1.24 bits per heavy atom. The third-order valence-electron chi connectivity index (χ3n) is 3.43. The summed E-state index contributed by atoms with van der Waals surface area (Å²) in [6.45, 7) is 7.07. The molecule has 0 saturated carbocycles. The fourth-order valence-electron chi connectivity index (χ4n) is 2.26. The molecule has 0 aliphatic rings. The molecule has 2 heterocycles. The van der Waals surface area contributed by atoms with Crippen molar-refractivity contribution < 1.29 is 4.42 Å². The molecule has 0 radical (unpaired) electrons. The summed E-state index contributed by atoms with van der Waals surface area (Å²) in [5.74, 6) is 1.02. The number of hydrogen-bond donors (Lipinski definition) is 1. The predicted octanol–water partition coefficient (Wildman–Crippen LogP) is 3.37. The van der Waals surface area contributed by atoms with Crippen LogP contribution in [0.25, 0.3) is 0 Å². The second-order valence-electron chi connectivity index (χ2n) is 5.34. The van der Waals surface area contributed by atoms with Crippen LogP contribution in [0.3, 0.4) is 0 Å². The Morgan fingerprint density at radius 2 is 2.10 bits per heavy atom. The Labute approximate surface area is 127 Å². The van der Waals surface area contributed by atoms with Crippen LogP contribution in [-0.4, -0.2) is 18.6 Å². The molecule has 0 saturated heterocycles. The van der Waals surface area contributed by atoms with Gasteiger partial charge in [0.2, 0.25) is 0 Å². The number of rotatable bonds is 8. The van der Waals surface area contributed by atoms with Gasteiger partial charge in [-0.05, 0) is 43.1 Å². The number of nitrogens with one attached hydrogen (secondary N) is 1. The highest BCUT2D eigenvalue weighted by Gasteiger charge is 2.08. The zero-order chi connectivity index (χ0) is 15.1. The van der Waals surface area contributed by atoms with Crippen LogP contribution in [0.2, 0.25) is 0 Å². The molecular formula is C17H25N3O. The summed E-state index contributed by atoms with van der Waals surface area (Å²) in [7, 11) is 2.07.